The molecule has 88 valence electrons. The van der Waals surface area contributed by atoms with E-state index in [1.54, 1.807) is 36.9 Å². The predicted molar refractivity (Wildman–Crippen MR) is 69.8 cm³/mol. The van der Waals surface area contributed by atoms with Crippen LogP contribution in [0.4, 0.5) is 0 Å². The Morgan fingerprint density at radius 2 is 1.83 bits per heavy atom. The first kappa shape index (κ1) is 11.1. The van der Waals surface area contributed by atoms with E-state index in [9.17, 15) is 0 Å². The first-order valence-electron chi connectivity index (χ1n) is 5.28. The van der Waals surface area contributed by atoms with Gasteiger partial charge in [-0.05, 0) is 0 Å². The number of hydrogen-bond donors (Lipinski definition) is 0. The second-order valence-electron chi connectivity index (χ2n) is 3.56. The molecule has 3 heterocycles. The van der Waals surface area contributed by atoms with Crippen LogP contribution >= 0.6 is 0 Å². The maximum atomic E-state index is 5.64. The monoisotopic (exact) mass is 300 g/mol. The van der Waals surface area contributed by atoms with Crippen molar-refractivity contribution in [3.63, 3.8) is 0 Å². The van der Waals surface area contributed by atoms with Crippen LogP contribution in [0.15, 0.2) is 43.0 Å². The van der Waals surface area contributed by atoms with Gasteiger partial charge in [0.25, 0.3) is 0 Å². The average Bonchev–Trinajstić information content (AvgIpc) is 2.41. The molecule has 0 aliphatic carbocycles. The third kappa shape index (κ3) is 2.17. The molecular weight excluding hydrogens is 291 g/mol. The van der Waals surface area contributed by atoms with Crippen molar-refractivity contribution in [2.75, 3.05) is 0 Å². The summed E-state index contributed by atoms with van der Waals surface area (Å²) >= 11 is 1.42. The fraction of sp³-hybridized carbons (Fsp3) is 0. The van der Waals surface area contributed by atoms with E-state index in [1.807, 2.05) is 6.07 Å². The first-order chi connectivity index (χ1) is 8.83. The topological polar surface area (TPSA) is 60.8 Å². The molecule has 3 rings (SSSR count). The number of fused-ring (bicyclic) bond motifs is 1. The van der Waals surface area contributed by atoms with Crippen LogP contribution in [0.5, 0.6) is 11.6 Å². The molecule has 0 aliphatic heterocycles. The summed E-state index contributed by atoms with van der Waals surface area (Å²) in [5.74, 6) is 1.24. The van der Waals surface area contributed by atoms with Gasteiger partial charge in [0.05, 0.1) is 0 Å². The standard InChI is InChI=1S/C12H9AsN4O/c13-12-11-9(15-7-16-12)1-2-10(17-11)18-8-3-5-14-6-4-8/h1-7H,13H2. The van der Waals surface area contributed by atoms with Gasteiger partial charge in [-0.2, -0.15) is 0 Å². The number of ether oxygens (including phenoxy) is 1. The Hall–Kier alpha value is -2.00. The third-order valence-corrected chi connectivity index (χ3v) is 3.24. The van der Waals surface area contributed by atoms with Crippen molar-refractivity contribution in [1.82, 2.24) is 19.9 Å². The molecule has 0 N–H and O–H groups in total. The first-order valence-corrected chi connectivity index (χ1v) is 6.49. The minimum atomic E-state index is 0.530. The summed E-state index contributed by atoms with van der Waals surface area (Å²) < 4.78 is 6.54. The normalized spacial score (nSPS) is 10.5. The molecule has 0 bridgehead atoms. The second-order valence-corrected chi connectivity index (χ2v) is 4.71. The Morgan fingerprint density at radius 3 is 2.67 bits per heavy atom. The molecule has 0 saturated carbocycles. The van der Waals surface area contributed by atoms with Gasteiger partial charge in [0, 0.05) is 0 Å². The van der Waals surface area contributed by atoms with Gasteiger partial charge in [0.15, 0.2) is 0 Å². The molecule has 0 aromatic carbocycles. The number of aromatic nitrogens is 4. The maximum absolute atomic E-state index is 5.64. The molecule has 0 aliphatic rings. The third-order valence-electron chi connectivity index (χ3n) is 2.36. The van der Waals surface area contributed by atoms with Crippen molar-refractivity contribution in [2.24, 2.45) is 0 Å². The molecule has 18 heavy (non-hydrogen) atoms. The number of rotatable bonds is 2. The molecule has 0 amide bonds. The number of nitrogens with zero attached hydrogens (tertiary/aromatic N) is 4. The summed E-state index contributed by atoms with van der Waals surface area (Å²) in [6, 6.07) is 7.24. The van der Waals surface area contributed by atoms with Gasteiger partial charge in [-0.3, -0.25) is 0 Å². The van der Waals surface area contributed by atoms with Gasteiger partial charge < -0.3 is 0 Å². The van der Waals surface area contributed by atoms with Crippen LogP contribution in [0, 0.1) is 0 Å². The minimum absolute atomic E-state index is 0.530. The van der Waals surface area contributed by atoms with E-state index in [0.29, 0.717) is 11.6 Å². The molecule has 6 heteroatoms. The van der Waals surface area contributed by atoms with Crippen molar-refractivity contribution in [1.29, 1.82) is 0 Å². The Labute approximate surface area is 112 Å². The average molecular weight is 300 g/mol. The van der Waals surface area contributed by atoms with E-state index in [2.05, 4.69) is 19.9 Å². The molecule has 5 nitrogen and oxygen atoms in total. The molecule has 0 radical (unpaired) electrons. The van der Waals surface area contributed by atoms with E-state index in [-0.39, 0.29) is 0 Å². The molecule has 0 spiro atoms. The van der Waals surface area contributed by atoms with Gasteiger partial charge in [-0.25, -0.2) is 0 Å². The van der Waals surface area contributed by atoms with Crippen LogP contribution in [0.25, 0.3) is 11.0 Å². The summed E-state index contributed by atoms with van der Waals surface area (Å²) in [7, 11) is 0. The van der Waals surface area contributed by atoms with E-state index in [4.69, 9.17) is 4.74 Å². The van der Waals surface area contributed by atoms with E-state index in [0.717, 1.165) is 15.5 Å². The predicted octanol–water partition coefficient (Wildman–Crippen LogP) is 0.470. The fourth-order valence-electron chi connectivity index (χ4n) is 1.52. The molecule has 1 atom stereocenters. The molecule has 1 unspecified atom stereocenters. The Morgan fingerprint density at radius 1 is 1.00 bits per heavy atom. The van der Waals surface area contributed by atoms with Crippen LogP contribution in [0.1, 0.15) is 0 Å². The molecular formula is C12H9AsN4O. The van der Waals surface area contributed by atoms with Gasteiger partial charge >= 0.3 is 112 Å². The molecule has 3 aromatic rings. The molecule has 3 aromatic heterocycles. The van der Waals surface area contributed by atoms with E-state index >= 15 is 0 Å². The van der Waals surface area contributed by atoms with Crippen molar-refractivity contribution in [2.45, 2.75) is 0 Å². The molecule has 0 saturated heterocycles. The Kier molecular flexibility index (Phi) is 2.90. The zero-order chi connectivity index (χ0) is 12.4. The summed E-state index contributed by atoms with van der Waals surface area (Å²) in [6.07, 6.45) is 4.90. The van der Waals surface area contributed by atoms with E-state index in [1.165, 1.54) is 16.9 Å². The number of pyridine rings is 2. The van der Waals surface area contributed by atoms with Crippen molar-refractivity contribution in [3.05, 3.63) is 43.0 Å². The van der Waals surface area contributed by atoms with E-state index < -0.39 is 0 Å². The zero-order valence-corrected chi connectivity index (χ0v) is 11.7. The quantitative estimate of drug-likeness (QED) is 0.644. The van der Waals surface area contributed by atoms with Gasteiger partial charge in [-0.15, -0.1) is 0 Å². The molecule has 0 fully saturated rings. The Bertz CT molecular complexity index is 690. The zero-order valence-electron chi connectivity index (χ0n) is 9.32. The summed E-state index contributed by atoms with van der Waals surface area (Å²) in [5, 5.41) is 0. The SMILES string of the molecule is [AsH2]c1ncnc2ccc(Oc3ccncc3)nc12. The number of hydrogen-bond acceptors (Lipinski definition) is 5. The Balaban J connectivity index is 2.01. The van der Waals surface area contributed by atoms with Crippen LogP contribution in [0.2, 0.25) is 0 Å². The van der Waals surface area contributed by atoms with Crippen molar-refractivity contribution < 1.29 is 4.74 Å². The van der Waals surface area contributed by atoms with Gasteiger partial charge in [-0.1, -0.05) is 0 Å². The van der Waals surface area contributed by atoms with Gasteiger partial charge in [0.2, 0.25) is 0 Å². The van der Waals surface area contributed by atoms with Crippen LogP contribution in [-0.2, 0) is 0 Å². The summed E-state index contributed by atoms with van der Waals surface area (Å²) in [4.78, 5) is 16.7. The van der Waals surface area contributed by atoms with Crippen LogP contribution in [0.3, 0.4) is 0 Å². The van der Waals surface area contributed by atoms with Crippen molar-refractivity contribution >= 4 is 32.4 Å². The van der Waals surface area contributed by atoms with Crippen LogP contribution in [-0.4, -0.2) is 36.8 Å². The van der Waals surface area contributed by atoms with Gasteiger partial charge in [0.1, 0.15) is 0 Å². The fourth-order valence-corrected chi connectivity index (χ4v) is 2.11. The second kappa shape index (κ2) is 4.70. The van der Waals surface area contributed by atoms with Crippen molar-refractivity contribution in [3.8, 4) is 11.6 Å². The summed E-state index contributed by atoms with van der Waals surface area (Å²) in [5.41, 5.74) is 1.61. The van der Waals surface area contributed by atoms with Crippen LogP contribution < -0.4 is 9.22 Å². The summed E-state index contributed by atoms with van der Waals surface area (Å²) in [6.45, 7) is 0.